The van der Waals surface area contributed by atoms with Gasteiger partial charge in [0.05, 0.1) is 19.8 Å². The van der Waals surface area contributed by atoms with E-state index in [9.17, 15) is 0 Å². The van der Waals surface area contributed by atoms with Crippen LogP contribution in [0.25, 0.3) is 11.1 Å². The number of methoxy groups -OCH3 is 2. The first-order valence-corrected chi connectivity index (χ1v) is 14.1. The fourth-order valence-electron chi connectivity index (χ4n) is 4.96. The lowest BCUT2D eigenvalue weighted by Crippen LogP contribution is -2.35. The quantitative estimate of drug-likeness (QED) is 0.420. The fraction of sp³-hybridized carbons (Fsp3) is 0.556. The molecule has 0 aromatic heterocycles. The molecule has 1 unspecified atom stereocenters. The van der Waals surface area contributed by atoms with Gasteiger partial charge in [-0.15, -0.1) is 0 Å². The molecule has 1 aliphatic rings. The molecule has 0 saturated carbocycles. The molecular formula is C27H40O3P2. The summed E-state index contributed by atoms with van der Waals surface area (Å²) in [5.41, 5.74) is 2.40. The number of rotatable bonds is 4. The second-order valence-electron chi connectivity index (χ2n) is 11.4. The SMILES string of the molecule is COc1cccc(OC)c1-c1cccc2c1P(C(C)(C)C)[C@@H](P(C(C)(C)C)C(C)(C)C)O2. The maximum absolute atomic E-state index is 6.95. The predicted molar refractivity (Wildman–Crippen MR) is 142 cm³/mol. The Morgan fingerprint density at radius 1 is 0.781 bits per heavy atom. The number of hydrogen-bond acceptors (Lipinski definition) is 3. The Morgan fingerprint density at radius 2 is 1.28 bits per heavy atom. The molecule has 5 heteroatoms. The predicted octanol–water partition coefficient (Wildman–Crippen LogP) is 8.03. The minimum Gasteiger partial charge on any atom is -0.496 e. The van der Waals surface area contributed by atoms with Gasteiger partial charge in [0.25, 0.3) is 0 Å². The van der Waals surface area contributed by atoms with Crippen LogP contribution < -0.4 is 19.5 Å². The number of hydrogen-bond donors (Lipinski definition) is 0. The topological polar surface area (TPSA) is 27.7 Å². The summed E-state index contributed by atoms with van der Waals surface area (Å²) in [5, 5.41) is 1.79. The Hall–Kier alpha value is -1.30. The van der Waals surface area contributed by atoms with Gasteiger partial charge in [-0.05, 0) is 49.5 Å². The van der Waals surface area contributed by atoms with E-state index in [0.717, 1.165) is 22.8 Å². The van der Waals surface area contributed by atoms with Gasteiger partial charge in [0.2, 0.25) is 0 Å². The molecule has 1 heterocycles. The van der Waals surface area contributed by atoms with Crippen LogP contribution in [0, 0.1) is 0 Å². The summed E-state index contributed by atoms with van der Waals surface area (Å²) in [5.74, 6) is 2.69. The second-order valence-corrected chi connectivity index (χ2v) is 18.7. The van der Waals surface area contributed by atoms with Crippen molar-refractivity contribution in [2.75, 3.05) is 14.2 Å². The summed E-state index contributed by atoms with van der Waals surface area (Å²) in [4.78, 5) is 0. The standard InChI is InChI=1S/C27H40O3P2/c1-25(2,3)31-23-18(22-19(28-10)15-13-16-20(22)29-11)14-12-17-21(23)30-24(31)32(26(4,5)6)27(7,8)9/h12-17,24H,1-11H3/t24-,31?/m0/s1. The van der Waals surface area contributed by atoms with Crippen molar-refractivity contribution in [1.29, 1.82) is 0 Å². The largest absolute Gasteiger partial charge is 0.496 e. The minimum absolute atomic E-state index is 0.0910. The molecule has 0 saturated heterocycles. The van der Waals surface area contributed by atoms with E-state index in [-0.39, 0.29) is 21.1 Å². The lowest BCUT2D eigenvalue weighted by molar-refractivity contribution is 0.359. The molecule has 176 valence electrons. The third-order valence-electron chi connectivity index (χ3n) is 5.78. The van der Waals surface area contributed by atoms with Crippen LogP contribution in [0.15, 0.2) is 36.4 Å². The lowest BCUT2D eigenvalue weighted by Gasteiger charge is -2.48. The maximum Gasteiger partial charge on any atom is 0.140 e. The first-order chi connectivity index (χ1) is 14.7. The van der Waals surface area contributed by atoms with E-state index in [1.54, 1.807) is 14.2 Å². The summed E-state index contributed by atoms with van der Waals surface area (Å²) in [6.07, 6.45) is 0. The highest BCUT2D eigenvalue weighted by Crippen LogP contribution is 2.76. The second kappa shape index (κ2) is 8.81. The van der Waals surface area contributed by atoms with Gasteiger partial charge in [0.15, 0.2) is 0 Å². The van der Waals surface area contributed by atoms with Gasteiger partial charge in [0, 0.05) is 10.9 Å². The highest BCUT2D eigenvalue weighted by Gasteiger charge is 2.52. The average molecular weight is 475 g/mol. The van der Waals surface area contributed by atoms with Gasteiger partial charge in [-0.1, -0.05) is 80.5 Å². The van der Waals surface area contributed by atoms with Gasteiger partial charge >= 0.3 is 0 Å². The molecule has 0 aliphatic carbocycles. The molecule has 32 heavy (non-hydrogen) atoms. The summed E-state index contributed by atoms with van der Waals surface area (Å²) < 4.78 is 18.5. The van der Waals surface area contributed by atoms with Crippen LogP contribution in [0.1, 0.15) is 62.3 Å². The normalized spacial score (nSPS) is 19.0. The van der Waals surface area contributed by atoms with Crippen molar-refractivity contribution in [2.24, 2.45) is 0 Å². The molecule has 1 aliphatic heterocycles. The lowest BCUT2D eigenvalue weighted by atomic mass is 10.0. The Kier molecular flexibility index (Phi) is 6.97. The molecule has 3 rings (SSSR count). The van der Waals surface area contributed by atoms with Crippen molar-refractivity contribution in [1.82, 2.24) is 0 Å². The van der Waals surface area contributed by atoms with Crippen LogP contribution in [0.2, 0.25) is 0 Å². The highest BCUT2D eigenvalue weighted by molar-refractivity contribution is 7.82. The van der Waals surface area contributed by atoms with Gasteiger partial charge in [-0.3, -0.25) is 0 Å². The van der Waals surface area contributed by atoms with E-state index in [1.807, 2.05) is 18.2 Å². The molecule has 0 amide bonds. The van der Waals surface area contributed by atoms with Crippen molar-refractivity contribution >= 4 is 21.1 Å². The first kappa shape index (κ1) is 25.3. The molecule has 0 radical (unpaired) electrons. The number of fused-ring (bicyclic) bond motifs is 1. The molecule has 2 atom stereocenters. The Morgan fingerprint density at radius 3 is 1.72 bits per heavy atom. The Bertz CT molecular complexity index is 928. The molecule has 2 aromatic rings. The maximum atomic E-state index is 6.95. The molecule has 0 fully saturated rings. The fourth-order valence-corrected chi connectivity index (χ4v) is 15.5. The van der Waals surface area contributed by atoms with Crippen LogP contribution in [-0.2, 0) is 0 Å². The zero-order valence-electron chi connectivity index (χ0n) is 21.7. The first-order valence-electron chi connectivity index (χ1n) is 11.3. The number of ether oxygens (including phenoxy) is 3. The van der Waals surface area contributed by atoms with E-state index in [0.29, 0.717) is 0 Å². The monoisotopic (exact) mass is 474 g/mol. The van der Waals surface area contributed by atoms with Crippen LogP contribution in [0.4, 0.5) is 0 Å². The van der Waals surface area contributed by atoms with Gasteiger partial charge in [-0.25, -0.2) is 0 Å². The Balaban J connectivity index is 2.31. The van der Waals surface area contributed by atoms with E-state index >= 15 is 0 Å². The highest BCUT2D eigenvalue weighted by atomic mass is 31.2. The van der Waals surface area contributed by atoms with E-state index < -0.39 is 15.8 Å². The Labute approximate surface area is 197 Å². The average Bonchev–Trinajstić information content (AvgIpc) is 3.03. The summed E-state index contributed by atoms with van der Waals surface area (Å²) in [6, 6.07) is 12.5. The van der Waals surface area contributed by atoms with Crippen molar-refractivity contribution in [3.8, 4) is 28.4 Å². The van der Waals surface area contributed by atoms with Crippen LogP contribution in [0.3, 0.4) is 0 Å². The summed E-state index contributed by atoms with van der Waals surface area (Å²) >= 11 is 0. The third-order valence-corrected chi connectivity index (χ3v) is 13.5. The third kappa shape index (κ3) is 4.67. The van der Waals surface area contributed by atoms with Crippen molar-refractivity contribution in [3.05, 3.63) is 36.4 Å². The van der Waals surface area contributed by atoms with Gasteiger partial charge in [-0.2, -0.15) is 0 Å². The van der Waals surface area contributed by atoms with Crippen LogP contribution in [0.5, 0.6) is 17.2 Å². The van der Waals surface area contributed by atoms with Crippen molar-refractivity contribution in [2.45, 2.75) is 83.4 Å². The molecule has 0 N–H and O–H groups in total. The molecule has 0 bridgehead atoms. The smallest absolute Gasteiger partial charge is 0.140 e. The van der Waals surface area contributed by atoms with Gasteiger partial charge < -0.3 is 14.2 Å². The molecular weight excluding hydrogens is 434 g/mol. The molecule has 3 nitrogen and oxygen atoms in total. The summed E-state index contributed by atoms with van der Waals surface area (Å²) in [6.45, 7) is 21.4. The zero-order valence-corrected chi connectivity index (χ0v) is 23.4. The minimum atomic E-state index is -0.617. The van der Waals surface area contributed by atoms with E-state index in [4.69, 9.17) is 14.2 Å². The van der Waals surface area contributed by atoms with Crippen molar-refractivity contribution < 1.29 is 14.2 Å². The summed E-state index contributed by atoms with van der Waals surface area (Å²) in [7, 11) is 2.39. The van der Waals surface area contributed by atoms with Crippen molar-refractivity contribution in [3.63, 3.8) is 0 Å². The number of benzene rings is 2. The van der Waals surface area contributed by atoms with Crippen LogP contribution in [-0.4, -0.2) is 35.3 Å². The van der Waals surface area contributed by atoms with E-state index in [2.05, 4.69) is 80.5 Å². The van der Waals surface area contributed by atoms with E-state index in [1.165, 1.54) is 10.9 Å². The van der Waals surface area contributed by atoms with Crippen LogP contribution >= 0.6 is 15.8 Å². The molecule has 0 spiro atoms. The van der Waals surface area contributed by atoms with Gasteiger partial charge in [0.1, 0.15) is 22.8 Å². The molecule has 2 aromatic carbocycles. The zero-order chi connectivity index (χ0) is 24.1.